The maximum atomic E-state index is 10.6. The molecule has 2 N–H and O–H groups in total. The average molecular weight is 285 g/mol. The van der Waals surface area contributed by atoms with E-state index in [0.717, 1.165) is 12.8 Å². The van der Waals surface area contributed by atoms with Gasteiger partial charge in [0.15, 0.2) is 5.92 Å². The van der Waals surface area contributed by atoms with Crippen LogP contribution in [0.25, 0.3) is 0 Å². The lowest BCUT2D eigenvalue weighted by atomic mass is 10.00. The molecule has 4 nitrogen and oxygen atoms in total. The molecule has 0 heterocycles. The zero-order valence-electron chi connectivity index (χ0n) is 11.4. The summed E-state index contributed by atoms with van der Waals surface area (Å²) in [5, 5.41) is 17.4. The van der Waals surface area contributed by atoms with Crippen LogP contribution in [0.2, 0.25) is 0 Å². The van der Waals surface area contributed by atoms with Crippen molar-refractivity contribution in [3.05, 3.63) is 0 Å². The van der Waals surface area contributed by atoms with Crippen molar-refractivity contribution in [1.29, 1.82) is 0 Å². The maximum Gasteiger partial charge on any atom is 0.317 e. The largest absolute Gasteiger partial charge is 0.481 e. The summed E-state index contributed by atoms with van der Waals surface area (Å²) in [5.41, 5.74) is 0. The predicted octanol–water partition coefficient (Wildman–Crippen LogP) is 2.78. The van der Waals surface area contributed by atoms with E-state index in [-0.39, 0.29) is 29.5 Å². The number of carboxylic acids is 2. The van der Waals surface area contributed by atoms with Crippen molar-refractivity contribution in [3.8, 4) is 0 Å². The minimum absolute atomic E-state index is 0. The van der Waals surface area contributed by atoms with Crippen LogP contribution in [0.15, 0.2) is 0 Å². The van der Waals surface area contributed by atoms with Gasteiger partial charge in [-0.05, 0) is 6.42 Å². The Kier molecular flexibility index (Phi) is 15.6. The fourth-order valence-corrected chi connectivity index (χ4v) is 2.01. The van der Waals surface area contributed by atoms with E-state index in [2.05, 4.69) is 6.92 Å². The molecule has 0 amide bonds. The van der Waals surface area contributed by atoms with Gasteiger partial charge in [0.05, 0.1) is 0 Å². The molecular formula is C14H28MgO4. The van der Waals surface area contributed by atoms with E-state index in [9.17, 15) is 9.59 Å². The highest BCUT2D eigenvalue weighted by Crippen LogP contribution is 2.14. The van der Waals surface area contributed by atoms with Crippen LogP contribution in [0.3, 0.4) is 0 Å². The standard InChI is InChI=1S/C14H26O4.Mg.2H/c1-2-3-4-5-6-7-8-9-10-11-12(13(15)16)14(17)18;;;/h12H,2-11H2,1H3,(H,15,16)(H,17,18);;;. The lowest BCUT2D eigenvalue weighted by Gasteiger charge is -2.06. The second-order valence-electron chi connectivity index (χ2n) is 4.85. The molecule has 0 saturated carbocycles. The Hall–Kier alpha value is -0.294. The topological polar surface area (TPSA) is 74.6 Å². The van der Waals surface area contributed by atoms with E-state index in [4.69, 9.17) is 10.2 Å². The van der Waals surface area contributed by atoms with Crippen molar-refractivity contribution in [2.75, 3.05) is 0 Å². The number of unbranched alkanes of at least 4 members (excludes halogenated alkanes) is 8. The van der Waals surface area contributed by atoms with E-state index < -0.39 is 17.9 Å². The van der Waals surface area contributed by atoms with Gasteiger partial charge in [-0.25, -0.2) is 0 Å². The highest BCUT2D eigenvalue weighted by atomic mass is 24.3. The summed E-state index contributed by atoms with van der Waals surface area (Å²) < 4.78 is 0. The number of aliphatic carboxylic acids is 2. The monoisotopic (exact) mass is 284 g/mol. The van der Waals surface area contributed by atoms with Crippen LogP contribution in [0, 0.1) is 5.92 Å². The molecule has 0 saturated heterocycles. The molecule has 19 heavy (non-hydrogen) atoms. The van der Waals surface area contributed by atoms with Crippen LogP contribution >= 0.6 is 0 Å². The molecular weight excluding hydrogens is 256 g/mol. The van der Waals surface area contributed by atoms with Crippen molar-refractivity contribution in [2.24, 2.45) is 5.92 Å². The molecule has 0 aromatic rings. The van der Waals surface area contributed by atoms with Crippen molar-refractivity contribution >= 4 is 35.0 Å². The van der Waals surface area contributed by atoms with Crippen molar-refractivity contribution in [1.82, 2.24) is 0 Å². The SMILES string of the molecule is CCCCCCCCCCCC(C(=O)O)C(=O)O.[MgH2]. The highest BCUT2D eigenvalue weighted by molar-refractivity contribution is 5.92. The summed E-state index contributed by atoms with van der Waals surface area (Å²) in [7, 11) is 0. The van der Waals surface area contributed by atoms with Crippen LogP contribution in [0.5, 0.6) is 0 Å². The predicted molar refractivity (Wildman–Crippen MR) is 79.1 cm³/mol. The number of hydrogen-bond donors (Lipinski definition) is 2. The summed E-state index contributed by atoms with van der Waals surface area (Å²) in [5.74, 6) is -3.67. The van der Waals surface area contributed by atoms with Crippen LogP contribution in [-0.4, -0.2) is 45.2 Å². The van der Waals surface area contributed by atoms with E-state index >= 15 is 0 Å². The first kappa shape index (κ1) is 21.0. The molecule has 110 valence electrons. The van der Waals surface area contributed by atoms with Gasteiger partial charge in [-0.3, -0.25) is 9.59 Å². The molecule has 0 atom stereocenters. The zero-order chi connectivity index (χ0) is 13.8. The molecule has 0 bridgehead atoms. The second kappa shape index (κ2) is 14.1. The average Bonchev–Trinajstić information content (AvgIpc) is 2.30. The van der Waals surface area contributed by atoms with Gasteiger partial charge in [0.1, 0.15) is 0 Å². The van der Waals surface area contributed by atoms with Crippen LogP contribution in [0.4, 0.5) is 0 Å². The normalized spacial score (nSPS) is 10.2. The van der Waals surface area contributed by atoms with Gasteiger partial charge in [-0.2, -0.15) is 0 Å². The molecule has 0 aliphatic carbocycles. The molecule has 0 aromatic heterocycles. The Bertz CT molecular complexity index is 230. The molecule has 0 unspecified atom stereocenters. The quantitative estimate of drug-likeness (QED) is 0.328. The lowest BCUT2D eigenvalue weighted by molar-refractivity contribution is -0.154. The van der Waals surface area contributed by atoms with Crippen molar-refractivity contribution in [3.63, 3.8) is 0 Å². The summed E-state index contributed by atoms with van der Waals surface area (Å²) in [6, 6.07) is 0. The molecule has 5 heteroatoms. The van der Waals surface area contributed by atoms with Crippen LogP contribution < -0.4 is 0 Å². The second-order valence-corrected chi connectivity index (χ2v) is 4.85. The van der Waals surface area contributed by atoms with Crippen LogP contribution in [0.1, 0.15) is 71.1 Å². The number of carbonyl (C=O) groups is 2. The molecule has 0 radical (unpaired) electrons. The van der Waals surface area contributed by atoms with E-state index in [0.29, 0.717) is 6.42 Å². The molecule has 0 rings (SSSR count). The molecule has 0 aliphatic heterocycles. The first-order chi connectivity index (χ1) is 8.59. The third-order valence-corrected chi connectivity index (χ3v) is 3.19. The zero-order valence-corrected chi connectivity index (χ0v) is 11.4. The molecule has 0 spiro atoms. The number of hydrogen-bond acceptors (Lipinski definition) is 2. The van der Waals surface area contributed by atoms with E-state index in [1.54, 1.807) is 0 Å². The molecule has 0 aliphatic rings. The minimum atomic E-state index is -1.23. The van der Waals surface area contributed by atoms with Gasteiger partial charge in [0, 0.05) is 0 Å². The van der Waals surface area contributed by atoms with Crippen molar-refractivity contribution < 1.29 is 19.8 Å². The summed E-state index contributed by atoms with van der Waals surface area (Å²) in [6.07, 6.45) is 10.5. The minimum Gasteiger partial charge on any atom is -0.481 e. The van der Waals surface area contributed by atoms with Crippen molar-refractivity contribution in [2.45, 2.75) is 71.1 Å². The maximum absolute atomic E-state index is 10.6. The Labute approximate surface area is 132 Å². The smallest absolute Gasteiger partial charge is 0.317 e. The Morgan fingerprint density at radius 3 is 1.53 bits per heavy atom. The Balaban J connectivity index is 0. The Morgan fingerprint density at radius 2 is 1.16 bits per heavy atom. The third kappa shape index (κ3) is 12.5. The summed E-state index contributed by atoms with van der Waals surface area (Å²) >= 11 is 0. The summed E-state index contributed by atoms with van der Waals surface area (Å²) in [6.45, 7) is 2.20. The molecule has 0 aromatic carbocycles. The number of carboxylic acid groups (broad SMARTS) is 2. The van der Waals surface area contributed by atoms with E-state index in [1.807, 2.05) is 0 Å². The first-order valence-electron chi connectivity index (χ1n) is 7.05. The fourth-order valence-electron chi connectivity index (χ4n) is 2.01. The van der Waals surface area contributed by atoms with Gasteiger partial charge in [0.25, 0.3) is 0 Å². The van der Waals surface area contributed by atoms with E-state index in [1.165, 1.54) is 38.5 Å². The fraction of sp³-hybridized carbons (Fsp3) is 0.857. The van der Waals surface area contributed by atoms with Gasteiger partial charge in [-0.1, -0.05) is 64.7 Å². The highest BCUT2D eigenvalue weighted by Gasteiger charge is 2.24. The van der Waals surface area contributed by atoms with Crippen LogP contribution in [-0.2, 0) is 9.59 Å². The summed E-state index contributed by atoms with van der Waals surface area (Å²) in [4.78, 5) is 21.3. The molecule has 0 fully saturated rings. The number of rotatable bonds is 12. The van der Waals surface area contributed by atoms with Gasteiger partial charge in [-0.15, -0.1) is 0 Å². The van der Waals surface area contributed by atoms with Gasteiger partial charge >= 0.3 is 35.0 Å². The first-order valence-corrected chi connectivity index (χ1v) is 7.05. The van der Waals surface area contributed by atoms with Gasteiger partial charge < -0.3 is 10.2 Å². The lowest BCUT2D eigenvalue weighted by Crippen LogP contribution is -2.23. The Morgan fingerprint density at radius 1 is 0.789 bits per heavy atom. The third-order valence-electron chi connectivity index (χ3n) is 3.19. The van der Waals surface area contributed by atoms with Gasteiger partial charge in [0.2, 0.25) is 0 Å².